The fourth-order valence-electron chi connectivity index (χ4n) is 6.26. The third-order valence-corrected chi connectivity index (χ3v) is 9.86. The van der Waals surface area contributed by atoms with E-state index in [1.807, 2.05) is 55.5 Å². The molecule has 0 saturated carbocycles. The van der Waals surface area contributed by atoms with Crippen LogP contribution < -0.4 is 19.3 Å². The molecule has 0 aromatic heterocycles. The molecule has 1 fully saturated rings. The third-order valence-electron chi connectivity index (χ3n) is 8.29. The number of halogens is 3. The zero-order chi connectivity index (χ0) is 31.1. The molecule has 7 nitrogen and oxygen atoms in total. The summed E-state index contributed by atoms with van der Waals surface area (Å²) in [5.41, 5.74) is 6.26. The zero-order valence-corrected chi connectivity index (χ0v) is 24.8. The van der Waals surface area contributed by atoms with E-state index in [0.29, 0.717) is 6.54 Å². The van der Waals surface area contributed by atoms with Gasteiger partial charge >= 0.3 is 6.36 Å². The highest BCUT2D eigenvalue weighted by molar-refractivity contribution is 7.90. The fourth-order valence-corrected chi connectivity index (χ4v) is 7.56. The van der Waals surface area contributed by atoms with Gasteiger partial charge in [-0.2, -0.15) is 0 Å². The fraction of sp³-hybridized carbons (Fsp3) is 0.273. The number of aryl methyl sites for hydroxylation is 3. The van der Waals surface area contributed by atoms with E-state index in [-0.39, 0.29) is 11.4 Å². The number of ether oxygens (including phenoxy) is 1. The summed E-state index contributed by atoms with van der Waals surface area (Å²) in [5.74, 6) is -0.474. The van der Waals surface area contributed by atoms with Gasteiger partial charge in [0.05, 0.1) is 23.1 Å². The Kier molecular flexibility index (Phi) is 8.04. The summed E-state index contributed by atoms with van der Waals surface area (Å²) in [5, 5.41) is 12.1. The molecular formula is C33H33F3N4O3S. The van der Waals surface area contributed by atoms with Gasteiger partial charge in [0.15, 0.2) is 0 Å². The Morgan fingerprint density at radius 1 is 0.841 bits per heavy atom. The number of aliphatic hydroxyl groups excluding tert-OH is 1. The summed E-state index contributed by atoms with van der Waals surface area (Å²) in [6, 6.07) is 27.3. The van der Waals surface area contributed by atoms with Crippen LogP contribution in [0.25, 0.3) is 0 Å². The number of para-hydroxylation sites is 3. The van der Waals surface area contributed by atoms with Crippen LogP contribution in [0, 0.1) is 11.7 Å². The highest BCUT2D eigenvalue weighted by atomic mass is 32.2. The Labute approximate surface area is 255 Å². The van der Waals surface area contributed by atoms with Crippen molar-refractivity contribution in [1.29, 1.82) is 4.78 Å². The maximum absolute atomic E-state index is 13.8. The molecule has 0 radical (unpaired) electrons. The minimum atomic E-state index is -4.87. The number of aliphatic hydroxyl groups is 1. The van der Waals surface area contributed by atoms with Crippen LogP contribution in [0.4, 0.5) is 30.2 Å². The lowest BCUT2D eigenvalue weighted by Gasteiger charge is -2.48. The van der Waals surface area contributed by atoms with Crippen molar-refractivity contribution in [3.05, 3.63) is 114 Å². The molecule has 0 spiro atoms. The van der Waals surface area contributed by atoms with E-state index >= 15 is 0 Å². The van der Waals surface area contributed by atoms with Gasteiger partial charge in [0.2, 0.25) is 0 Å². The predicted octanol–water partition coefficient (Wildman–Crippen LogP) is 6.36. The number of nitrogens with zero attached hydrogens (tertiary/aromatic N) is 2. The Morgan fingerprint density at radius 3 is 1.95 bits per heavy atom. The van der Waals surface area contributed by atoms with Crippen molar-refractivity contribution in [2.75, 3.05) is 22.9 Å². The molecule has 0 amide bonds. The van der Waals surface area contributed by atoms with E-state index < -0.39 is 40.2 Å². The smallest absolute Gasteiger partial charge is 0.406 e. The number of hydrogen-bond acceptors (Lipinski definition) is 6. The summed E-state index contributed by atoms with van der Waals surface area (Å²) in [6.45, 7) is 2.72. The number of fused-ring (bicyclic) bond motifs is 2. The summed E-state index contributed by atoms with van der Waals surface area (Å²) >= 11 is 0. The quantitative estimate of drug-likeness (QED) is 0.233. The SMILES string of the molecule is Cc1ccccc1N1CC(NS(=N)(=O)c2ccc(OC(F)(F)F)cc2)C(O)C(N2c3ccccc3CCc3ccccc32)C1. The van der Waals surface area contributed by atoms with E-state index in [4.69, 9.17) is 4.78 Å². The van der Waals surface area contributed by atoms with Crippen LogP contribution >= 0.6 is 0 Å². The molecule has 0 aliphatic carbocycles. The van der Waals surface area contributed by atoms with Crippen molar-refractivity contribution in [3.63, 3.8) is 0 Å². The highest BCUT2D eigenvalue weighted by Gasteiger charge is 2.42. The lowest BCUT2D eigenvalue weighted by molar-refractivity contribution is -0.274. The van der Waals surface area contributed by atoms with Crippen LogP contribution in [0.5, 0.6) is 5.75 Å². The molecule has 3 N–H and O–H groups in total. The van der Waals surface area contributed by atoms with Crippen LogP contribution in [0.3, 0.4) is 0 Å². The highest BCUT2D eigenvalue weighted by Crippen LogP contribution is 2.40. The molecule has 44 heavy (non-hydrogen) atoms. The first-order valence-electron chi connectivity index (χ1n) is 14.4. The molecule has 230 valence electrons. The molecule has 4 atom stereocenters. The van der Waals surface area contributed by atoms with Gasteiger partial charge in [0.1, 0.15) is 15.7 Å². The average molecular weight is 623 g/mol. The molecule has 4 aromatic carbocycles. The van der Waals surface area contributed by atoms with E-state index in [1.165, 1.54) is 12.1 Å². The summed E-state index contributed by atoms with van der Waals surface area (Å²) in [4.78, 5) is 4.29. The molecule has 4 aromatic rings. The average Bonchev–Trinajstić information content (AvgIpc) is 3.15. The third kappa shape index (κ3) is 6.12. The molecule has 11 heteroatoms. The summed E-state index contributed by atoms with van der Waals surface area (Å²) < 4.78 is 67.4. The Hall–Kier alpha value is -4.06. The van der Waals surface area contributed by atoms with Gasteiger partial charge in [0, 0.05) is 30.2 Å². The number of alkyl halides is 3. The van der Waals surface area contributed by atoms with Crippen LogP contribution in [-0.2, 0) is 22.8 Å². The molecular weight excluding hydrogens is 589 g/mol. The van der Waals surface area contributed by atoms with Gasteiger partial charge in [-0.1, -0.05) is 54.6 Å². The second-order valence-corrected chi connectivity index (χ2v) is 13.0. The number of benzene rings is 4. The first-order valence-corrected chi connectivity index (χ1v) is 15.9. The Balaban J connectivity index is 1.39. The monoisotopic (exact) mass is 622 g/mol. The maximum Gasteiger partial charge on any atom is 0.573 e. The number of hydrogen-bond donors (Lipinski definition) is 3. The van der Waals surface area contributed by atoms with Crippen molar-refractivity contribution >= 4 is 27.0 Å². The molecule has 1 saturated heterocycles. The van der Waals surface area contributed by atoms with Gasteiger partial charge in [-0.15, -0.1) is 13.2 Å². The summed E-state index contributed by atoms with van der Waals surface area (Å²) in [6.07, 6.45) is -4.25. The normalized spacial score (nSPS) is 21.5. The topological polar surface area (TPSA) is 88.9 Å². The second-order valence-electron chi connectivity index (χ2n) is 11.2. The first-order chi connectivity index (χ1) is 21.0. The van der Waals surface area contributed by atoms with E-state index in [2.05, 4.69) is 43.5 Å². The molecule has 6 rings (SSSR count). The lowest BCUT2D eigenvalue weighted by atomic mass is 9.93. The first kappa shape index (κ1) is 30.0. The van der Waals surface area contributed by atoms with Crippen molar-refractivity contribution in [1.82, 2.24) is 4.72 Å². The maximum atomic E-state index is 13.8. The van der Waals surface area contributed by atoms with Crippen LogP contribution in [0.1, 0.15) is 16.7 Å². The van der Waals surface area contributed by atoms with E-state index in [0.717, 1.165) is 58.7 Å². The zero-order valence-electron chi connectivity index (χ0n) is 24.0. The minimum Gasteiger partial charge on any atom is -0.406 e. The molecule has 2 aliphatic heterocycles. The molecule has 2 aliphatic rings. The number of rotatable bonds is 6. The van der Waals surface area contributed by atoms with E-state index in [1.54, 1.807) is 0 Å². The Morgan fingerprint density at radius 2 is 1.39 bits per heavy atom. The van der Waals surface area contributed by atoms with Gasteiger partial charge in [-0.25, -0.2) is 13.7 Å². The number of piperidine rings is 1. The van der Waals surface area contributed by atoms with Crippen molar-refractivity contribution in [2.45, 2.75) is 49.2 Å². The standard InChI is InChI=1S/C33H33F3N4O3S/c1-22-8-2-5-11-28(22)39-20-27(38-44(37,42)26-18-16-25(17-19-26)43-33(34,35)36)32(41)31(21-39)40-29-12-6-3-9-23(29)14-15-24-10-4-7-13-30(24)40/h2-13,16-19,27,31-32,41H,14-15,20-21H2,1H3,(H2,37,38,42). The van der Waals surface area contributed by atoms with Crippen LogP contribution in [0.2, 0.25) is 0 Å². The van der Waals surface area contributed by atoms with Gasteiger partial charge in [0.25, 0.3) is 0 Å². The van der Waals surface area contributed by atoms with Gasteiger partial charge < -0.3 is 19.6 Å². The predicted molar refractivity (Wildman–Crippen MR) is 165 cm³/mol. The van der Waals surface area contributed by atoms with Crippen molar-refractivity contribution in [2.24, 2.45) is 0 Å². The largest absolute Gasteiger partial charge is 0.573 e. The number of nitrogens with one attached hydrogen (secondary N) is 2. The Bertz CT molecular complexity index is 1700. The van der Waals surface area contributed by atoms with Crippen LogP contribution in [-0.4, -0.2) is 47.0 Å². The van der Waals surface area contributed by atoms with Crippen molar-refractivity contribution < 1.29 is 27.2 Å². The van der Waals surface area contributed by atoms with Crippen molar-refractivity contribution in [3.8, 4) is 5.75 Å². The lowest BCUT2D eigenvalue weighted by Crippen LogP contribution is -2.65. The summed E-state index contributed by atoms with van der Waals surface area (Å²) in [7, 11) is -3.74. The van der Waals surface area contributed by atoms with E-state index in [9.17, 15) is 22.5 Å². The second kappa shape index (κ2) is 11.8. The molecule has 0 bridgehead atoms. The minimum absolute atomic E-state index is 0.0192. The number of anilines is 3. The molecule has 2 heterocycles. The molecule has 4 unspecified atom stereocenters. The van der Waals surface area contributed by atoms with Gasteiger partial charge in [-0.05, 0) is 78.9 Å². The van der Waals surface area contributed by atoms with Gasteiger partial charge in [-0.3, -0.25) is 0 Å². The van der Waals surface area contributed by atoms with Crippen LogP contribution in [0.15, 0.2) is 102 Å².